The first-order valence-corrected chi connectivity index (χ1v) is 20.8. The molecule has 6 heteroatoms. The molecule has 2 aliphatic carbocycles. The molecule has 0 bridgehead atoms. The van der Waals surface area contributed by atoms with Gasteiger partial charge in [0.15, 0.2) is 0 Å². The Morgan fingerprint density at radius 2 is 1.21 bits per heavy atom. The molecule has 1 aromatic carbocycles. The molecule has 1 saturated heterocycles. The van der Waals surface area contributed by atoms with Crippen molar-refractivity contribution >= 4 is 24.0 Å². The fourth-order valence-electron chi connectivity index (χ4n) is 5.89. The standard InChI is InChI=1S/C27H43N2.C7H6.C2H3N.2ClH.Ru/c1-18(2)22-11-9-12-23(19(3)4)26(22)28-15-16-29(17-28)27-24(20(5)6)13-10-14-25(27)21(7)8;1-7-5-3-2-4-6-7;1-2-3;;;/h9-11,13,17-21,23,25H,12,14-16H2,1-8H3;1-6H;1H3;2*1H;/q-1;;;;;+2/p-2/t23-,25+;;;;;. The van der Waals surface area contributed by atoms with E-state index in [0.717, 1.165) is 18.7 Å². The van der Waals surface area contributed by atoms with E-state index in [4.69, 9.17) is 24.6 Å². The van der Waals surface area contributed by atoms with Crippen LogP contribution in [-0.4, -0.2) is 27.5 Å². The second-order valence-electron chi connectivity index (χ2n) is 12.4. The molecule has 2 atom stereocenters. The fourth-order valence-corrected chi connectivity index (χ4v) is 7.72. The van der Waals surface area contributed by atoms with Gasteiger partial charge >= 0.3 is 73.4 Å². The molecule has 1 aliphatic heterocycles. The molecule has 0 aromatic heterocycles. The third-order valence-electron chi connectivity index (χ3n) is 8.00. The number of hydrogen-bond donors (Lipinski definition) is 0. The van der Waals surface area contributed by atoms with Crippen LogP contribution in [0.4, 0.5) is 0 Å². The van der Waals surface area contributed by atoms with E-state index in [1.54, 1.807) is 17.5 Å². The van der Waals surface area contributed by atoms with Crippen LogP contribution in [-0.2, 0) is 13.5 Å². The van der Waals surface area contributed by atoms with Gasteiger partial charge in [-0.15, -0.1) is 0 Å². The van der Waals surface area contributed by atoms with Gasteiger partial charge in [-0.05, 0) is 59.1 Å². The SMILES string of the molecule is CC#N.CC(C)C1=C(N2[CH-]N(C3=C(C(C)C)C=CC[C@@H]3C(C)C)CC2)[C@H](C(C)C)CC=C1.[Cl][Ru]([Cl])=[CH]c1ccccc1. The zero-order chi connectivity index (χ0) is 31.4. The molecule has 4 rings (SSSR count). The number of allylic oxidation sites excluding steroid dienone is 8. The number of halogens is 2. The minimum atomic E-state index is -1.61. The third kappa shape index (κ3) is 10.5. The Labute approximate surface area is 270 Å². The van der Waals surface area contributed by atoms with Gasteiger partial charge in [-0.3, -0.25) is 0 Å². The summed E-state index contributed by atoms with van der Waals surface area (Å²) in [7, 11) is 11.3. The average Bonchev–Trinajstić information content (AvgIpc) is 3.43. The topological polar surface area (TPSA) is 30.3 Å². The molecule has 0 amide bonds. The Balaban J connectivity index is 0.000000394. The first-order valence-electron chi connectivity index (χ1n) is 15.3. The molecule has 1 aromatic rings. The molecule has 234 valence electrons. The van der Waals surface area contributed by atoms with Crippen molar-refractivity contribution in [3.63, 3.8) is 0 Å². The quantitative estimate of drug-likeness (QED) is 0.210. The molecule has 0 N–H and O–H groups in total. The van der Waals surface area contributed by atoms with E-state index in [0.29, 0.717) is 35.5 Å². The summed E-state index contributed by atoms with van der Waals surface area (Å²) >= 11 is -1.61. The van der Waals surface area contributed by atoms with Crippen molar-refractivity contribution in [3.8, 4) is 6.07 Å². The van der Waals surface area contributed by atoms with E-state index in [9.17, 15) is 0 Å². The molecule has 0 saturated carbocycles. The molecular formula is C36H52Cl2N3Ru-. The van der Waals surface area contributed by atoms with Crippen LogP contribution >= 0.6 is 19.4 Å². The van der Waals surface area contributed by atoms with Gasteiger partial charge < -0.3 is 9.80 Å². The summed E-state index contributed by atoms with van der Waals surface area (Å²) in [6, 6.07) is 11.6. The monoisotopic (exact) mass is 698 g/mol. The van der Waals surface area contributed by atoms with E-state index >= 15 is 0 Å². The Hall–Kier alpha value is -1.66. The number of nitrogens with zero attached hydrogens (tertiary/aromatic N) is 3. The molecule has 0 unspecified atom stereocenters. The summed E-state index contributed by atoms with van der Waals surface area (Å²) in [4.78, 5) is 5.20. The van der Waals surface area contributed by atoms with Crippen LogP contribution in [0, 0.1) is 53.5 Å². The second kappa shape index (κ2) is 18.2. The predicted molar refractivity (Wildman–Crippen MR) is 180 cm³/mol. The van der Waals surface area contributed by atoms with Crippen molar-refractivity contribution in [3.05, 3.63) is 89.4 Å². The van der Waals surface area contributed by atoms with Gasteiger partial charge in [0.05, 0.1) is 6.07 Å². The van der Waals surface area contributed by atoms with Gasteiger partial charge in [0, 0.05) is 31.8 Å². The van der Waals surface area contributed by atoms with E-state index < -0.39 is 13.5 Å². The molecule has 1 heterocycles. The van der Waals surface area contributed by atoms with Crippen LogP contribution in [0.3, 0.4) is 0 Å². The summed E-state index contributed by atoms with van der Waals surface area (Å²) in [5.74, 6) is 3.71. The van der Waals surface area contributed by atoms with Crippen LogP contribution in [0.15, 0.2) is 77.2 Å². The first kappa shape index (κ1) is 36.5. The Kier molecular flexibility index (Phi) is 15.8. The van der Waals surface area contributed by atoms with E-state index in [2.05, 4.69) is 96.2 Å². The molecular weight excluding hydrogens is 646 g/mol. The summed E-state index contributed by atoms with van der Waals surface area (Å²) in [5.41, 5.74) is 7.36. The Morgan fingerprint density at radius 1 is 0.810 bits per heavy atom. The van der Waals surface area contributed by atoms with Gasteiger partial charge in [-0.25, -0.2) is 0 Å². The second-order valence-corrected chi connectivity index (χ2v) is 18.1. The van der Waals surface area contributed by atoms with Crippen molar-refractivity contribution < 1.29 is 13.5 Å². The zero-order valence-corrected chi connectivity index (χ0v) is 30.3. The predicted octanol–water partition coefficient (Wildman–Crippen LogP) is 10.3. The van der Waals surface area contributed by atoms with Crippen molar-refractivity contribution in [1.29, 1.82) is 5.26 Å². The maximum absolute atomic E-state index is 7.32. The van der Waals surface area contributed by atoms with Gasteiger partial charge in [-0.2, -0.15) is 11.9 Å². The fraction of sp³-hybridized carbons (Fsp3) is 0.528. The molecule has 3 nitrogen and oxygen atoms in total. The van der Waals surface area contributed by atoms with Crippen LogP contribution in [0.25, 0.3) is 0 Å². The van der Waals surface area contributed by atoms with E-state index in [-0.39, 0.29) is 0 Å². The number of rotatable bonds is 7. The molecule has 0 spiro atoms. The zero-order valence-electron chi connectivity index (χ0n) is 27.1. The van der Waals surface area contributed by atoms with Gasteiger partial charge in [0.2, 0.25) is 0 Å². The van der Waals surface area contributed by atoms with Crippen LogP contribution in [0.1, 0.15) is 80.7 Å². The number of hydrogen-bond acceptors (Lipinski definition) is 3. The summed E-state index contributed by atoms with van der Waals surface area (Å²) < 4.78 is 1.92. The van der Waals surface area contributed by atoms with Gasteiger partial charge in [-0.1, -0.05) is 79.7 Å². The first-order chi connectivity index (χ1) is 19.9. The number of nitriles is 1. The Bertz CT molecular complexity index is 1120. The summed E-state index contributed by atoms with van der Waals surface area (Å²) in [6.07, 6.45) is 11.9. The molecule has 42 heavy (non-hydrogen) atoms. The number of benzene rings is 1. The van der Waals surface area contributed by atoms with Crippen molar-refractivity contribution in [2.75, 3.05) is 13.1 Å². The van der Waals surface area contributed by atoms with Gasteiger partial charge in [0.1, 0.15) is 0 Å². The van der Waals surface area contributed by atoms with E-state index in [1.807, 2.05) is 34.9 Å². The van der Waals surface area contributed by atoms with E-state index in [1.165, 1.54) is 30.9 Å². The Morgan fingerprint density at radius 3 is 1.55 bits per heavy atom. The van der Waals surface area contributed by atoms with Crippen LogP contribution in [0.5, 0.6) is 0 Å². The van der Waals surface area contributed by atoms with Gasteiger partial charge in [0.25, 0.3) is 0 Å². The van der Waals surface area contributed by atoms with Crippen molar-refractivity contribution in [1.82, 2.24) is 9.80 Å². The molecule has 3 aliphatic rings. The molecule has 0 radical (unpaired) electrons. The third-order valence-corrected chi connectivity index (χ3v) is 9.87. The average molecular weight is 699 g/mol. The summed E-state index contributed by atoms with van der Waals surface area (Å²) in [5, 5.41) is 7.32. The van der Waals surface area contributed by atoms with Crippen molar-refractivity contribution in [2.24, 2.45) is 35.5 Å². The normalized spacial score (nSPS) is 20.6. The van der Waals surface area contributed by atoms with Crippen LogP contribution < -0.4 is 0 Å². The minimum absolute atomic E-state index is 0.566. The maximum atomic E-state index is 7.32. The summed E-state index contributed by atoms with van der Waals surface area (Å²) in [6.45, 7) is 25.0. The molecule has 1 fully saturated rings. The van der Waals surface area contributed by atoms with Crippen LogP contribution in [0.2, 0.25) is 0 Å². The van der Waals surface area contributed by atoms with Crippen molar-refractivity contribution in [2.45, 2.75) is 75.2 Å².